The van der Waals surface area contributed by atoms with Crippen molar-refractivity contribution in [3.05, 3.63) is 115 Å². The van der Waals surface area contributed by atoms with Gasteiger partial charge in [-0.3, -0.25) is 0 Å². The smallest absolute Gasteiger partial charge is 0.135 e. The van der Waals surface area contributed by atoms with Crippen LogP contribution in [-0.4, -0.2) is 4.57 Å². The molecule has 0 fully saturated rings. The molecule has 0 amide bonds. The Morgan fingerprint density at radius 2 is 1.65 bits per heavy atom. The second-order valence-electron chi connectivity index (χ2n) is 6.80. The van der Waals surface area contributed by atoms with Gasteiger partial charge in [0.05, 0.1) is 10.9 Å². The van der Waals surface area contributed by atoms with E-state index in [-0.39, 0.29) is 0 Å². The number of rotatable bonds is 8. The van der Waals surface area contributed by atoms with E-state index < -0.39 is 0 Å². The number of fused-ring (bicyclic) bond motifs is 1. The van der Waals surface area contributed by atoms with Gasteiger partial charge in [0.25, 0.3) is 0 Å². The first-order valence-corrected chi connectivity index (χ1v) is 10.1. The summed E-state index contributed by atoms with van der Waals surface area (Å²) in [4.78, 5) is 0. The topological polar surface area (TPSA) is 18.1 Å². The van der Waals surface area contributed by atoms with E-state index in [0.29, 0.717) is 5.76 Å². The first kappa shape index (κ1) is 21.7. The van der Waals surface area contributed by atoms with Crippen molar-refractivity contribution in [2.75, 3.05) is 0 Å². The van der Waals surface area contributed by atoms with Gasteiger partial charge in [0.15, 0.2) is 0 Å². The molecule has 0 aliphatic heterocycles. The lowest BCUT2D eigenvalue weighted by Gasteiger charge is -2.08. The molecule has 0 N–H and O–H groups in total. The molecule has 0 aliphatic rings. The Balaban J connectivity index is 2.48. The van der Waals surface area contributed by atoms with E-state index in [0.717, 1.165) is 44.1 Å². The Hall–Kier alpha value is -4.04. The summed E-state index contributed by atoms with van der Waals surface area (Å²) in [6, 6.07) is 8.26. The summed E-state index contributed by atoms with van der Waals surface area (Å²) >= 11 is 0. The van der Waals surface area contributed by atoms with E-state index in [4.69, 9.17) is 4.42 Å². The third-order valence-corrected chi connectivity index (χ3v) is 5.02. The largest absolute Gasteiger partial charge is 0.456 e. The molecule has 3 rings (SSSR count). The molecule has 31 heavy (non-hydrogen) atoms. The molecule has 154 valence electrons. The highest BCUT2D eigenvalue weighted by Gasteiger charge is 2.15. The van der Waals surface area contributed by atoms with Crippen LogP contribution in [0.5, 0.6) is 0 Å². The lowest BCUT2D eigenvalue weighted by Crippen LogP contribution is -2.28. The van der Waals surface area contributed by atoms with E-state index in [2.05, 4.69) is 55.7 Å². The molecular formula is C29H27NO. The van der Waals surface area contributed by atoms with Gasteiger partial charge >= 0.3 is 0 Å². The van der Waals surface area contributed by atoms with E-state index in [1.807, 2.05) is 49.4 Å². The monoisotopic (exact) mass is 405 g/mol. The SMILES string of the molecule is C=C/C=c1\c(=C/C=C)n(/C(C=C)=C/c2c(C=C)oc(/C=C\C)c2C=C)c2ccccc12. The molecule has 3 aromatic rings. The second-order valence-corrected chi connectivity index (χ2v) is 6.80. The quantitative estimate of drug-likeness (QED) is 0.383. The Morgan fingerprint density at radius 1 is 0.903 bits per heavy atom. The van der Waals surface area contributed by atoms with Gasteiger partial charge in [0.1, 0.15) is 11.5 Å². The van der Waals surface area contributed by atoms with Crippen LogP contribution in [0.15, 0.2) is 85.9 Å². The third kappa shape index (κ3) is 3.88. The Kier molecular flexibility index (Phi) is 6.74. The van der Waals surface area contributed by atoms with Crippen molar-refractivity contribution in [2.45, 2.75) is 6.92 Å². The summed E-state index contributed by atoms with van der Waals surface area (Å²) in [6.07, 6.45) is 18.9. The predicted molar refractivity (Wildman–Crippen MR) is 138 cm³/mol. The van der Waals surface area contributed by atoms with Crippen LogP contribution in [0.3, 0.4) is 0 Å². The Labute approximate surface area is 183 Å². The number of hydrogen-bond acceptors (Lipinski definition) is 1. The third-order valence-electron chi connectivity index (χ3n) is 5.02. The molecule has 0 unspecified atom stereocenters. The summed E-state index contributed by atoms with van der Waals surface area (Å²) in [6.45, 7) is 21.8. The fraction of sp³-hybridized carbons (Fsp3) is 0.0345. The number of aromatic nitrogens is 1. The number of hydrogen-bond donors (Lipinski definition) is 0. The molecule has 0 aliphatic carbocycles. The zero-order chi connectivity index (χ0) is 22.4. The van der Waals surface area contributed by atoms with Gasteiger partial charge in [-0.25, -0.2) is 0 Å². The van der Waals surface area contributed by atoms with E-state index in [9.17, 15) is 0 Å². The van der Waals surface area contributed by atoms with E-state index in [1.54, 1.807) is 24.3 Å². The fourth-order valence-electron chi connectivity index (χ4n) is 3.77. The lowest BCUT2D eigenvalue weighted by atomic mass is 10.1. The molecule has 0 bridgehead atoms. The molecule has 0 atom stereocenters. The minimum atomic E-state index is 0.686. The molecule has 2 nitrogen and oxygen atoms in total. The van der Waals surface area contributed by atoms with Crippen LogP contribution < -0.4 is 10.6 Å². The standard InChI is InChI=1S/C29H27NO/c1-7-15-23-24-18-13-14-19-27(24)30(26(23)16-8-2)21(10-4)20-25-22(11-5)29(17-9-3)31-28(25)12-6/h7-20H,1-2,4-6H2,3H3/b17-9-,21-20+,23-15-,26-16+. The van der Waals surface area contributed by atoms with Crippen LogP contribution in [0.4, 0.5) is 0 Å². The van der Waals surface area contributed by atoms with Crippen molar-refractivity contribution < 1.29 is 4.42 Å². The molecule has 1 aromatic carbocycles. The molecule has 2 aromatic heterocycles. The number of para-hydroxylation sites is 1. The Morgan fingerprint density at radius 3 is 2.26 bits per heavy atom. The van der Waals surface area contributed by atoms with Crippen molar-refractivity contribution in [1.82, 2.24) is 4.57 Å². The van der Waals surface area contributed by atoms with Gasteiger partial charge in [-0.15, -0.1) is 0 Å². The molecule has 0 saturated heterocycles. The summed E-state index contributed by atoms with van der Waals surface area (Å²) in [5, 5.41) is 3.20. The lowest BCUT2D eigenvalue weighted by molar-refractivity contribution is 0.546. The van der Waals surface area contributed by atoms with Crippen molar-refractivity contribution >= 4 is 53.1 Å². The average Bonchev–Trinajstić information content (AvgIpc) is 3.28. The van der Waals surface area contributed by atoms with Gasteiger partial charge in [0, 0.05) is 27.4 Å². The normalized spacial score (nSPS) is 13.1. The van der Waals surface area contributed by atoms with Gasteiger partial charge in [0.2, 0.25) is 0 Å². The molecule has 2 heterocycles. The van der Waals surface area contributed by atoms with Crippen molar-refractivity contribution in [1.29, 1.82) is 0 Å². The number of furan rings is 1. The van der Waals surface area contributed by atoms with E-state index in [1.165, 1.54) is 0 Å². The highest BCUT2D eigenvalue weighted by Crippen LogP contribution is 2.30. The average molecular weight is 406 g/mol. The minimum Gasteiger partial charge on any atom is -0.456 e. The van der Waals surface area contributed by atoms with Gasteiger partial charge in [-0.05, 0) is 43.4 Å². The zero-order valence-electron chi connectivity index (χ0n) is 18.0. The summed E-state index contributed by atoms with van der Waals surface area (Å²) < 4.78 is 8.18. The maximum Gasteiger partial charge on any atom is 0.135 e. The zero-order valence-corrected chi connectivity index (χ0v) is 18.0. The first-order valence-electron chi connectivity index (χ1n) is 10.1. The number of benzene rings is 1. The molecule has 0 saturated carbocycles. The van der Waals surface area contributed by atoms with Gasteiger partial charge in [-0.2, -0.15) is 0 Å². The summed E-state index contributed by atoms with van der Waals surface area (Å²) in [5.41, 5.74) is 3.78. The minimum absolute atomic E-state index is 0.686. The maximum atomic E-state index is 6.01. The maximum absolute atomic E-state index is 6.01. The number of nitrogens with zero attached hydrogens (tertiary/aromatic N) is 1. The highest BCUT2D eigenvalue weighted by molar-refractivity contribution is 5.92. The second kappa shape index (κ2) is 9.64. The highest BCUT2D eigenvalue weighted by atomic mass is 16.3. The van der Waals surface area contributed by atoms with Crippen LogP contribution >= 0.6 is 0 Å². The van der Waals surface area contributed by atoms with Crippen molar-refractivity contribution in [2.24, 2.45) is 0 Å². The fourth-order valence-corrected chi connectivity index (χ4v) is 3.77. The van der Waals surface area contributed by atoms with E-state index >= 15 is 0 Å². The summed E-state index contributed by atoms with van der Waals surface area (Å²) in [5.74, 6) is 1.43. The first-order chi connectivity index (χ1) is 15.1. The van der Waals surface area contributed by atoms with Crippen molar-refractivity contribution in [3.8, 4) is 0 Å². The van der Waals surface area contributed by atoms with Crippen molar-refractivity contribution in [3.63, 3.8) is 0 Å². The molecule has 2 heteroatoms. The van der Waals surface area contributed by atoms with Gasteiger partial charge < -0.3 is 8.98 Å². The van der Waals surface area contributed by atoms with Crippen LogP contribution in [-0.2, 0) is 0 Å². The van der Waals surface area contributed by atoms with Crippen LogP contribution in [0.2, 0.25) is 0 Å². The van der Waals surface area contributed by atoms with Crippen LogP contribution in [0, 0.1) is 0 Å². The number of allylic oxidation sites excluding steroid dienone is 5. The molecule has 0 spiro atoms. The Bertz CT molecular complexity index is 1370. The summed E-state index contributed by atoms with van der Waals surface area (Å²) in [7, 11) is 0. The molecular weight excluding hydrogens is 378 g/mol. The van der Waals surface area contributed by atoms with Gasteiger partial charge in [-0.1, -0.05) is 81.5 Å². The van der Waals surface area contributed by atoms with Crippen LogP contribution in [0.1, 0.15) is 29.6 Å². The molecule has 0 radical (unpaired) electrons. The predicted octanol–water partition coefficient (Wildman–Crippen LogP) is 6.67. The van der Waals surface area contributed by atoms with Crippen LogP contribution in [0.25, 0.3) is 53.1 Å².